The highest BCUT2D eigenvalue weighted by atomic mass is 15.0. The Labute approximate surface area is 111 Å². The molecule has 102 valence electrons. The highest BCUT2D eigenvalue weighted by Crippen LogP contribution is 2.28. The second-order valence-corrected chi connectivity index (χ2v) is 5.13. The zero-order valence-electron chi connectivity index (χ0n) is 12.7. The van der Waals surface area contributed by atoms with Crippen molar-refractivity contribution in [1.29, 1.82) is 0 Å². The first kappa shape index (κ1) is 14.9. The molecule has 3 heteroatoms. The van der Waals surface area contributed by atoms with Crippen molar-refractivity contribution in [2.45, 2.75) is 66.2 Å². The van der Waals surface area contributed by atoms with Crippen LogP contribution in [0.4, 0.5) is 5.82 Å². The molecule has 0 aliphatic carbocycles. The van der Waals surface area contributed by atoms with Crippen LogP contribution in [0.5, 0.6) is 0 Å². The summed E-state index contributed by atoms with van der Waals surface area (Å²) in [5, 5.41) is 3.39. The average molecular weight is 249 g/mol. The number of anilines is 1. The molecule has 0 bridgehead atoms. The van der Waals surface area contributed by atoms with Gasteiger partial charge in [-0.1, -0.05) is 27.7 Å². The molecule has 0 aliphatic heterocycles. The van der Waals surface area contributed by atoms with Gasteiger partial charge in [0.15, 0.2) is 0 Å². The zero-order valence-corrected chi connectivity index (χ0v) is 12.7. The molecule has 0 spiro atoms. The molecule has 0 aromatic carbocycles. The fourth-order valence-corrected chi connectivity index (χ4v) is 2.43. The van der Waals surface area contributed by atoms with Crippen molar-refractivity contribution in [3.8, 4) is 0 Å². The van der Waals surface area contributed by atoms with Crippen molar-refractivity contribution in [1.82, 2.24) is 9.97 Å². The van der Waals surface area contributed by atoms with Crippen LogP contribution in [0.15, 0.2) is 0 Å². The summed E-state index contributed by atoms with van der Waals surface area (Å²) in [6, 6.07) is 0. The Morgan fingerprint density at radius 2 is 1.67 bits per heavy atom. The fraction of sp³-hybridized carbons (Fsp3) is 0.733. The highest BCUT2D eigenvalue weighted by Gasteiger charge is 2.17. The van der Waals surface area contributed by atoms with Crippen molar-refractivity contribution in [3.05, 3.63) is 17.1 Å². The van der Waals surface area contributed by atoms with E-state index in [1.54, 1.807) is 0 Å². The zero-order chi connectivity index (χ0) is 13.7. The van der Waals surface area contributed by atoms with Crippen LogP contribution in [0.2, 0.25) is 0 Å². The first-order valence-electron chi connectivity index (χ1n) is 7.17. The lowest BCUT2D eigenvalue weighted by Gasteiger charge is -2.19. The Kier molecular flexibility index (Phi) is 5.57. The minimum Gasteiger partial charge on any atom is -0.370 e. The van der Waals surface area contributed by atoms with E-state index in [9.17, 15) is 0 Å². The van der Waals surface area contributed by atoms with Gasteiger partial charge in [-0.25, -0.2) is 9.97 Å². The molecule has 0 saturated carbocycles. The quantitative estimate of drug-likeness (QED) is 0.819. The van der Waals surface area contributed by atoms with Gasteiger partial charge in [-0.15, -0.1) is 0 Å². The number of aromatic nitrogens is 2. The van der Waals surface area contributed by atoms with Gasteiger partial charge in [0.2, 0.25) is 0 Å². The van der Waals surface area contributed by atoms with Crippen LogP contribution in [-0.2, 0) is 0 Å². The van der Waals surface area contributed by atoms with Crippen LogP contribution in [0.1, 0.15) is 76.4 Å². The lowest BCUT2D eigenvalue weighted by atomic mass is 9.99. The minimum absolute atomic E-state index is 0.454. The van der Waals surface area contributed by atoms with E-state index in [1.807, 2.05) is 0 Å². The molecule has 0 aliphatic rings. The van der Waals surface area contributed by atoms with Gasteiger partial charge in [-0.3, -0.25) is 0 Å². The monoisotopic (exact) mass is 249 g/mol. The predicted octanol–water partition coefficient (Wildman–Crippen LogP) is 4.24. The number of nitrogens with zero attached hydrogens (tertiary/aromatic N) is 2. The molecule has 0 saturated heterocycles. The second kappa shape index (κ2) is 6.72. The van der Waals surface area contributed by atoms with Gasteiger partial charge in [0.1, 0.15) is 11.6 Å². The maximum atomic E-state index is 4.76. The molecule has 0 atom stereocenters. The standard InChI is InChI=1S/C15H27N3/c1-7-12(8-2)14-17-11(6)13(10(4)5)15(18-14)16-9-3/h10,12H,7-9H2,1-6H3,(H,16,17,18). The van der Waals surface area contributed by atoms with Crippen molar-refractivity contribution in [2.75, 3.05) is 11.9 Å². The fourth-order valence-electron chi connectivity index (χ4n) is 2.43. The van der Waals surface area contributed by atoms with E-state index in [0.29, 0.717) is 11.8 Å². The van der Waals surface area contributed by atoms with Crippen molar-refractivity contribution in [2.24, 2.45) is 0 Å². The summed E-state index contributed by atoms with van der Waals surface area (Å²) in [6.45, 7) is 13.9. The van der Waals surface area contributed by atoms with E-state index in [-0.39, 0.29) is 0 Å². The Hall–Kier alpha value is -1.12. The largest absolute Gasteiger partial charge is 0.370 e. The molecule has 0 fully saturated rings. The van der Waals surface area contributed by atoms with E-state index < -0.39 is 0 Å². The third kappa shape index (κ3) is 3.21. The number of rotatable bonds is 6. The average Bonchev–Trinajstić information content (AvgIpc) is 2.30. The summed E-state index contributed by atoms with van der Waals surface area (Å²) >= 11 is 0. The lowest BCUT2D eigenvalue weighted by molar-refractivity contribution is 0.597. The molecule has 1 heterocycles. The van der Waals surface area contributed by atoms with E-state index >= 15 is 0 Å². The smallest absolute Gasteiger partial charge is 0.134 e. The molecule has 0 unspecified atom stereocenters. The van der Waals surface area contributed by atoms with Gasteiger partial charge in [-0.2, -0.15) is 0 Å². The SMILES string of the molecule is CCNc1nc(C(CC)CC)nc(C)c1C(C)C. The molecule has 1 aromatic rings. The third-order valence-corrected chi connectivity index (χ3v) is 3.43. The minimum atomic E-state index is 0.454. The maximum Gasteiger partial charge on any atom is 0.134 e. The molecular formula is C15H27N3. The maximum absolute atomic E-state index is 4.76. The molecular weight excluding hydrogens is 222 g/mol. The van der Waals surface area contributed by atoms with Gasteiger partial charge >= 0.3 is 0 Å². The van der Waals surface area contributed by atoms with Crippen LogP contribution in [0, 0.1) is 6.92 Å². The Morgan fingerprint density at radius 3 is 2.11 bits per heavy atom. The van der Waals surface area contributed by atoms with Crippen LogP contribution >= 0.6 is 0 Å². The van der Waals surface area contributed by atoms with Crippen LogP contribution < -0.4 is 5.32 Å². The summed E-state index contributed by atoms with van der Waals surface area (Å²) in [4.78, 5) is 9.49. The molecule has 1 rings (SSSR count). The van der Waals surface area contributed by atoms with E-state index in [0.717, 1.165) is 36.7 Å². The molecule has 18 heavy (non-hydrogen) atoms. The van der Waals surface area contributed by atoms with Crippen molar-refractivity contribution >= 4 is 5.82 Å². The summed E-state index contributed by atoms with van der Waals surface area (Å²) in [6.07, 6.45) is 2.20. The summed E-state index contributed by atoms with van der Waals surface area (Å²) in [5.41, 5.74) is 2.38. The molecule has 1 aromatic heterocycles. The molecule has 1 N–H and O–H groups in total. The highest BCUT2D eigenvalue weighted by molar-refractivity contribution is 5.48. The Morgan fingerprint density at radius 1 is 1.06 bits per heavy atom. The van der Waals surface area contributed by atoms with Gasteiger partial charge < -0.3 is 5.32 Å². The van der Waals surface area contributed by atoms with E-state index in [2.05, 4.69) is 46.9 Å². The molecule has 0 radical (unpaired) electrons. The predicted molar refractivity (Wildman–Crippen MR) is 78.3 cm³/mol. The second-order valence-electron chi connectivity index (χ2n) is 5.13. The number of hydrogen-bond acceptors (Lipinski definition) is 3. The molecule has 0 amide bonds. The molecule has 3 nitrogen and oxygen atoms in total. The number of hydrogen-bond donors (Lipinski definition) is 1. The summed E-state index contributed by atoms with van der Waals surface area (Å²) in [5.74, 6) is 2.96. The van der Waals surface area contributed by atoms with Crippen LogP contribution in [-0.4, -0.2) is 16.5 Å². The van der Waals surface area contributed by atoms with Gasteiger partial charge in [0.25, 0.3) is 0 Å². The Bertz CT molecular complexity index is 382. The number of aryl methyl sites for hydroxylation is 1. The first-order valence-corrected chi connectivity index (χ1v) is 7.17. The third-order valence-electron chi connectivity index (χ3n) is 3.43. The first-order chi connectivity index (χ1) is 8.54. The van der Waals surface area contributed by atoms with E-state index in [1.165, 1.54) is 5.56 Å². The topological polar surface area (TPSA) is 37.8 Å². The van der Waals surface area contributed by atoms with Crippen LogP contribution in [0.25, 0.3) is 0 Å². The van der Waals surface area contributed by atoms with Crippen LogP contribution in [0.3, 0.4) is 0 Å². The summed E-state index contributed by atoms with van der Waals surface area (Å²) in [7, 11) is 0. The van der Waals surface area contributed by atoms with Gasteiger partial charge in [0, 0.05) is 23.7 Å². The number of nitrogens with one attached hydrogen (secondary N) is 1. The normalized spacial score (nSPS) is 11.3. The van der Waals surface area contributed by atoms with Gasteiger partial charge in [0.05, 0.1) is 0 Å². The lowest BCUT2D eigenvalue weighted by Crippen LogP contribution is -2.13. The van der Waals surface area contributed by atoms with E-state index in [4.69, 9.17) is 9.97 Å². The summed E-state index contributed by atoms with van der Waals surface area (Å²) < 4.78 is 0. The van der Waals surface area contributed by atoms with Gasteiger partial charge in [-0.05, 0) is 32.6 Å². The van der Waals surface area contributed by atoms with Crippen molar-refractivity contribution < 1.29 is 0 Å². The Balaban J connectivity index is 3.26. The van der Waals surface area contributed by atoms with Crippen molar-refractivity contribution in [3.63, 3.8) is 0 Å².